The Morgan fingerprint density at radius 1 is 1.30 bits per heavy atom. The van der Waals surface area contributed by atoms with E-state index in [1.807, 2.05) is 19.1 Å². The maximum Gasteiger partial charge on any atom is 0.358 e. The number of hydrogen-bond donors (Lipinski definition) is 2. The van der Waals surface area contributed by atoms with Crippen molar-refractivity contribution in [3.05, 3.63) is 45.9 Å². The summed E-state index contributed by atoms with van der Waals surface area (Å²) in [6.45, 7) is 3.92. The van der Waals surface area contributed by atoms with Gasteiger partial charge in [-0.2, -0.15) is 0 Å². The Kier molecular flexibility index (Phi) is 3.56. The minimum atomic E-state index is -1.43. The predicted octanol–water partition coefficient (Wildman–Crippen LogP) is 1.64. The van der Waals surface area contributed by atoms with Crippen LogP contribution in [0.2, 0.25) is 0 Å². The molecule has 0 fully saturated rings. The van der Waals surface area contributed by atoms with Crippen molar-refractivity contribution in [3.8, 4) is 17.1 Å². The highest BCUT2D eigenvalue weighted by molar-refractivity contribution is 5.88. The molecule has 1 heterocycles. The van der Waals surface area contributed by atoms with Crippen LogP contribution in [0.15, 0.2) is 29.1 Å². The summed E-state index contributed by atoms with van der Waals surface area (Å²) in [6.07, 6.45) is 0. The van der Waals surface area contributed by atoms with Crippen molar-refractivity contribution >= 4 is 5.97 Å². The van der Waals surface area contributed by atoms with Crippen molar-refractivity contribution in [2.75, 3.05) is 0 Å². The van der Waals surface area contributed by atoms with Crippen LogP contribution in [-0.2, 0) is 6.54 Å². The molecule has 6 heteroatoms. The van der Waals surface area contributed by atoms with Crippen LogP contribution in [0.5, 0.6) is 5.75 Å². The Morgan fingerprint density at radius 3 is 2.40 bits per heavy atom. The van der Waals surface area contributed by atoms with E-state index in [0.717, 1.165) is 5.56 Å². The van der Waals surface area contributed by atoms with Gasteiger partial charge >= 0.3 is 5.97 Å². The molecule has 1 aromatic carbocycles. The SMILES string of the molecule is CCn1c(-c2ccc(C)cc2)nc(C(=O)O)c(O)c1=O. The maximum atomic E-state index is 12.0. The van der Waals surface area contributed by atoms with E-state index in [4.69, 9.17) is 5.11 Å². The lowest BCUT2D eigenvalue weighted by Crippen LogP contribution is -2.25. The van der Waals surface area contributed by atoms with Gasteiger partial charge in [-0.25, -0.2) is 9.78 Å². The van der Waals surface area contributed by atoms with Gasteiger partial charge < -0.3 is 10.2 Å². The zero-order valence-electron chi connectivity index (χ0n) is 11.1. The van der Waals surface area contributed by atoms with E-state index in [2.05, 4.69) is 4.98 Å². The minimum absolute atomic E-state index is 0.229. The number of benzene rings is 1. The summed E-state index contributed by atoms with van der Waals surface area (Å²) in [6, 6.07) is 7.20. The van der Waals surface area contributed by atoms with Gasteiger partial charge in [0.05, 0.1) is 0 Å². The zero-order chi connectivity index (χ0) is 14.9. The molecular weight excluding hydrogens is 260 g/mol. The average Bonchev–Trinajstić information content (AvgIpc) is 2.42. The van der Waals surface area contributed by atoms with E-state index in [-0.39, 0.29) is 12.4 Å². The second kappa shape index (κ2) is 5.16. The molecule has 0 saturated carbocycles. The molecule has 0 radical (unpaired) electrons. The van der Waals surface area contributed by atoms with Crippen molar-refractivity contribution in [3.63, 3.8) is 0 Å². The second-order valence-electron chi connectivity index (χ2n) is 4.35. The first-order valence-corrected chi connectivity index (χ1v) is 6.09. The predicted molar refractivity (Wildman–Crippen MR) is 73.0 cm³/mol. The summed E-state index contributed by atoms with van der Waals surface area (Å²) >= 11 is 0. The number of aromatic carboxylic acids is 1. The summed E-state index contributed by atoms with van der Waals surface area (Å²) in [5.74, 6) is -2.04. The minimum Gasteiger partial charge on any atom is -0.501 e. The molecule has 2 rings (SSSR count). The molecule has 0 unspecified atom stereocenters. The van der Waals surface area contributed by atoms with Crippen molar-refractivity contribution in [2.24, 2.45) is 0 Å². The third-order valence-corrected chi connectivity index (χ3v) is 2.97. The van der Waals surface area contributed by atoms with Gasteiger partial charge in [-0.1, -0.05) is 29.8 Å². The number of nitrogens with zero attached hydrogens (tertiary/aromatic N) is 2. The number of carboxylic acids is 1. The second-order valence-corrected chi connectivity index (χ2v) is 4.35. The van der Waals surface area contributed by atoms with Gasteiger partial charge in [-0.05, 0) is 13.8 Å². The van der Waals surface area contributed by atoms with E-state index in [9.17, 15) is 14.7 Å². The van der Waals surface area contributed by atoms with Crippen molar-refractivity contribution < 1.29 is 15.0 Å². The van der Waals surface area contributed by atoms with Gasteiger partial charge in [0.15, 0.2) is 5.69 Å². The number of rotatable bonds is 3. The first-order valence-electron chi connectivity index (χ1n) is 6.09. The standard InChI is InChI=1S/C14H14N2O4/c1-3-16-12(9-6-4-8(2)5-7-9)15-10(14(19)20)11(17)13(16)18/h4-7,17H,3H2,1-2H3,(H,19,20). The lowest BCUT2D eigenvalue weighted by atomic mass is 10.1. The third kappa shape index (κ3) is 2.27. The molecule has 1 aromatic heterocycles. The lowest BCUT2D eigenvalue weighted by Gasteiger charge is -2.12. The van der Waals surface area contributed by atoms with Gasteiger partial charge in [0, 0.05) is 12.1 Å². The van der Waals surface area contributed by atoms with E-state index in [0.29, 0.717) is 5.56 Å². The number of aryl methyl sites for hydroxylation is 1. The molecule has 0 bridgehead atoms. The van der Waals surface area contributed by atoms with Crippen molar-refractivity contribution in [1.82, 2.24) is 9.55 Å². The maximum absolute atomic E-state index is 12.0. The van der Waals surface area contributed by atoms with Gasteiger partial charge in [-0.3, -0.25) is 9.36 Å². The third-order valence-electron chi connectivity index (χ3n) is 2.97. The molecule has 0 atom stereocenters. The fraction of sp³-hybridized carbons (Fsp3) is 0.214. The Balaban J connectivity index is 2.77. The summed E-state index contributed by atoms with van der Waals surface area (Å²) in [7, 11) is 0. The van der Waals surface area contributed by atoms with Crippen LogP contribution in [0.25, 0.3) is 11.4 Å². The molecule has 104 valence electrons. The summed E-state index contributed by atoms with van der Waals surface area (Å²) in [5, 5.41) is 18.6. The van der Waals surface area contributed by atoms with Gasteiger partial charge in [0.1, 0.15) is 5.82 Å². The highest BCUT2D eigenvalue weighted by Gasteiger charge is 2.20. The number of carboxylic acid groups (broad SMARTS) is 1. The first-order chi connectivity index (χ1) is 9.45. The molecule has 2 N–H and O–H groups in total. The molecule has 6 nitrogen and oxygen atoms in total. The molecule has 0 spiro atoms. The average molecular weight is 274 g/mol. The smallest absolute Gasteiger partial charge is 0.358 e. The normalized spacial score (nSPS) is 10.5. The van der Waals surface area contributed by atoms with E-state index >= 15 is 0 Å². The Hall–Kier alpha value is -2.63. The fourth-order valence-corrected chi connectivity index (χ4v) is 1.91. The molecule has 0 aliphatic heterocycles. The van der Waals surface area contributed by atoms with E-state index in [1.54, 1.807) is 19.1 Å². The number of aromatic hydroxyl groups is 1. The van der Waals surface area contributed by atoms with Crippen LogP contribution in [0, 0.1) is 6.92 Å². The lowest BCUT2D eigenvalue weighted by molar-refractivity contribution is 0.0686. The summed E-state index contributed by atoms with van der Waals surface area (Å²) in [5.41, 5.74) is 0.277. The van der Waals surface area contributed by atoms with Crippen LogP contribution < -0.4 is 5.56 Å². The largest absolute Gasteiger partial charge is 0.501 e. The molecule has 0 amide bonds. The van der Waals surface area contributed by atoms with Crippen LogP contribution in [-0.4, -0.2) is 25.7 Å². The van der Waals surface area contributed by atoms with Crippen molar-refractivity contribution in [1.29, 1.82) is 0 Å². The van der Waals surface area contributed by atoms with Gasteiger partial charge in [0.25, 0.3) is 5.56 Å². The zero-order valence-corrected chi connectivity index (χ0v) is 11.1. The Morgan fingerprint density at radius 2 is 1.90 bits per heavy atom. The van der Waals surface area contributed by atoms with Crippen LogP contribution in [0.3, 0.4) is 0 Å². The topological polar surface area (TPSA) is 92.4 Å². The number of aromatic nitrogens is 2. The van der Waals surface area contributed by atoms with E-state index < -0.39 is 23.0 Å². The van der Waals surface area contributed by atoms with E-state index in [1.165, 1.54) is 4.57 Å². The Labute approximate surface area is 115 Å². The van der Waals surface area contributed by atoms with Crippen LogP contribution in [0.1, 0.15) is 23.0 Å². The summed E-state index contributed by atoms with van der Waals surface area (Å²) in [4.78, 5) is 27.0. The molecule has 0 aliphatic rings. The highest BCUT2D eigenvalue weighted by atomic mass is 16.4. The summed E-state index contributed by atoms with van der Waals surface area (Å²) < 4.78 is 1.24. The van der Waals surface area contributed by atoms with Crippen LogP contribution in [0.4, 0.5) is 0 Å². The molecule has 2 aromatic rings. The van der Waals surface area contributed by atoms with Gasteiger partial charge in [0.2, 0.25) is 5.75 Å². The first kappa shape index (κ1) is 13.8. The number of carbonyl (C=O) groups is 1. The van der Waals surface area contributed by atoms with Crippen molar-refractivity contribution in [2.45, 2.75) is 20.4 Å². The molecular formula is C14H14N2O4. The monoisotopic (exact) mass is 274 g/mol. The molecule has 0 aliphatic carbocycles. The van der Waals surface area contributed by atoms with Crippen LogP contribution >= 0.6 is 0 Å². The number of hydrogen-bond acceptors (Lipinski definition) is 4. The molecule has 0 saturated heterocycles. The molecule has 20 heavy (non-hydrogen) atoms. The Bertz CT molecular complexity index is 717. The fourth-order valence-electron chi connectivity index (χ4n) is 1.91. The van der Waals surface area contributed by atoms with Gasteiger partial charge in [-0.15, -0.1) is 0 Å². The quantitative estimate of drug-likeness (QED) is 0.887. The highest BCUT2D eigenvalue weighted by Crippen LogP contribution is 2.20.